The van der Waals surface area contributed by atoms with Crippen molar-refractivity contribution in [2.24, 2.45) is 0 Å². The molecule has 1 heterocycles. The monoisotopic (exact) mass is 477 g/mol. The summed E-state index contributed by atoms with van der Waals surface area (Å²) in [6.07, 6.45) is 5.66. The molecule has 0 radical (unpaired) electrons. The largest absolute Gasteiger partial charge is 0.493 e. The number of ether oxygens (including phenoxy) is 2. The van der Waals surface area contributed by atoms with E-state index in [-0.39, 0.29) is 17.7 Å². The van der Waals surface area contributed by atoms with E-state index in [9.17, 15) is 4.79 Å². The normalized spacial score (nSPS) is 13.8. The fourth-order valence-electron chi connectivity index (χ4n) is 4.21. The molecule has 9 heteroatoms. The highest BCUT2D eigenvalue weighted by Crippen LogP contribution is 2.38. The summed E-state index contributed by atoms with van der Waals surface area (Å²) in [6, 6.07) is 15.0. The summed E-state index contributed by atoms with van der Waals surface area (Å²) >= 11 is 1.37. The minimum atomic E-state index is -0.161. The van der Waals surface area contributed by atoms with Crippen molar-refractivity contribution in [1.82, 2.24) is 14.8 Å². The quantitative estimate of drug-likeness (QED) is 0.452. The van der Waals surface area contributed by atoms with Gasteiger partial charge in [-0.05, 0) is 49.2 Å². The van der Waals surface area contributed by atoms with E-state index in [0.29, 0.717) is 22.7 Å². The fourth-order valence-corrected chi connectivity index (χ4v) is 5.02. The first-order chi connectivity index (χ1) is 16.6. The van der Waals surface area contributed by atoms with Crippen LogP contribution in [0.3, 0.4) is 0 Å². The van der Waals surface area contributed by atoms with Gasteiger partial charge in [-0.3, -0.25) is 9.36 Å². The van der Waals surface area contributed by atoms with E-state index in [4.69, 9.17) is 14.7 Å². The average molecular weight is 478 g/mol. The number of hydrogen-bond acceptors (Lipinski definition) is 7. The Labute approximate surface area is 203 Å². The van der Waals surface area contributed by atoms with Gasteiger partial charge in [0.1, 0.15) is 0 Å². The molecule has 0 saturated heterocycles. The number of anilines is 1. The molecule has 0 aliphatic heterocycles. The molecule has 2 aromatic carbocycles. The Bertz CT molecular complexity index is 1200. The zero-order valence-corrected chi connectivity index (χ0v) is 20.1. The molecule has 1 saturated carbocycles. The fraction of sp³-hybridized carbons (Fsp3) is 0.360. The number of thioether (sulfide) groups is 1. The van der Waals surface area contributed by atoms with Gasteiger partial charge in [0.15, 0.2) is 22.5 Å². The van der Waals surface area contributed by atoms with Crippen LogP contribution in [0.15, 0.2) is 47.6 Å². The second-order valence-corrected chi connectivity index (χ2v) is 9.01. The van der Waals surface area contributed by atoms with Crippen LogP contribution >= 0.6 is 11.8 Å². The molecule has 8 nitrogen and oxygen atoms in total. The molecule has 3 aromatic rings. The lowest BCUT2D eigenvalue weighted by atomic mass is 9.95. The minimum Gasteiger partial charge on any atom is -0.493 e. The van der Waals surface area contributed by atoms with Crippen LogP contribution in [0.2, 0.25) is 0 Å². The number of amides is 1. The van der Waals surface area contributed by atoms with Crippen molar-refractivity contribution in [2.45, 2.75) is 43.3 Å². The van der Waals surface area contributed by atoms with Crippen LogP contribution in [0.5, 0.6) is 11.5 Å². The summed E-state index contributed by atoms with van der Waals surface area (Å²) in [4.78, 5) is 12.6. The molecule has 0 atom stereocenters. The standard InChI is InChI=1S/C25H27N5O3S/c1-32-21-12-11-18(14-22(21)33-2)24-28-29-25(30(24)20-9-4-3-5-10-20)34-16-23(31)27-19-8-6-7-17(13-19)15-26/h6-8,11-14,20H,3-5,9-10,16H2,1-2H3,(H,27,31). The van der Waals surface area contributed by atoms with Crippen LogP contribution in [-0.2, 0) is 4.79 Å². The van der Waals surface area contributed by atoms with Gasteiger partial charge in [-0.25, -0.2) is 0 Å². The Morgan fingerprint density at radius 1 is 1.12 bits per heavy atom. The van der Waals surface area contributed by atoms with Crippen LogP contribution in [0.25, 0.3) is 11.4 Å². The first kappa shape index (κ1) is 23.6. The lowest BCUT2D eigenvalue weighted by Crippen LogP contribution is -2.17. The SMILES string of the molecule is COc1ccc(-c2nnc(SCC(=O)Nc3cccc(C#N)c3)n2C2CCCCC2)cc1OC. The van der Waals surface area contributed by atoms with E-state index in [0.717, 1.165) is 42.2 Å². The number of nitrogens with one attached hydrogen (secondary N) is 1. The zero-order valence-electron chi connectivity index (χ0n) is 19.3. The number of hydrogen-bond donors (Lipinski definition) is 1. The van der Waals surface area contributed by atoms with Gasteiger partial charge < -0.3 is 14.8 Å². The summed E-state index contributed by atoms with van der Waals surface area (Å²) in [5.41, 5.74) is 1.99. The number of carbonyl (C=O) groups is 1. The molecule has 176 valence electrons. The van der Waals surface area contributed by atoms with Crippen molar-refractivity contribution in [3.8, 4) is 29.0 Å². The number of aromatic nitrogens is 3. The number of benzene rings is 2. The van der Waals surface area contributed by atoms with Gasteiger partial charge in [0.05, 0.1) is 31.6 Å². The molecule has 0 spiro atoms. The van der Waals surface area contributed by atoms with E-state index in [1.807, 2.05) is 18.2 Å². The van der Waals surface area contributed by atoms with E-state index in [1.165, 1.54) is 18.2 Å². The van der Waals surface area contributed by atoms with E-state index >= 15 is 0 Å². The number of nitrogens with zero attached hydrogens (tertiary/aromatic N) is 4. The smallest absolute Gasteiger partial charge is 0.234 e. The summed E-state index contributed by atoms with van der Waals surface area (Å²) in [7, 11) is 3.22. The highest BCUT2D eigenvalue weighted by molar-refractivity contribution is 7.99. The van der Waals surface area contributed by atoms with Crippen molar-refractivity contribution >= 4 is 23.4 Å². The zero-order chi connectivity index (χ0) is 23.9. The molecular weight excluding hydrogens is 450 g/mol. The third kappa shape index (κ3) is 5.34. The molecular formula is C25H27N5O3S. The molecule has 1 aliphatic carbocycles. The lowest BCUT2D eigenvalue weighted by Gasteiger charge is -2.25. The maximum atomic E-state index is 12.6. The van der Waals surface area contributed by atoms with Gasteiger partial charge in [-0.15, -0.1) is 10.2 Å². The molecule has 34 heavy (non-hydrogen) atoms. The van der Waals surface area contributed by atoms with Gasteiger partial charge in [-0.1, -0.05) is 37.1 Å². The van der Waals surface area contributed by atoms with E-state index < -0.39 is 0 Å². The van der Waals surface area contributed by atoms with Crippen LogP contribution in [0.4, 0.5) is 5.69 Å². The predicted molar refractivity (Wildman–Crippen MR) is 131 cm³/mol. The van der Waals surface area contributed by atoms with Crippen molar-refractivity contribution in [2.75, 3.05) is 25.3 Å². The maximum absolute atomic E-state index is 12.6. The van der Waals surface area contributed by atoms with Crippen LogP contribution < -0.4 is 14.8 Å². The van der Waals surface area contributed by atoms with Crippen LogP contribution in [0.1, 0.15) is 43.7 Å². The lowest BCUT2D eigenvalue weighted by molar-refractivity contribution is -0.113. The van der Waals surface area contributed by atoms with Crippen molar-refractivity contribution in [3.05, 3.63) is 48.0 Å². The minimum absolute atomic E-state index is 0.161. The highest BCUT2D eigenvalue weighted by Gasteiger charge is 2.25. The summed E-state index contributed by atoms with van der Waals surface area (Å²) in [5.74, 6) is 2.07. The Kier molecular flexibility index (Phi) is 7.70. The molecule has 1 fully saturated rings. The van der Waals surface area contributed by atoms with Gasteiger partial charge >= 0.3 is 0 Å². The van der Waals surface area contributed by atoms with Gasteiger partial charge in [0.25, 0.3) is 0 Å². The molecule has 0 unspecified atom stereocenters. The van der Waals surface area contributed by atoms with Crippen LogP contribution in [-0.4, -0.2) is 40.6 Å². The first-order valence-electron chi connectivity index (χ1n) is 11.2. The summed E-state index contributed by atoms with van der Waals surface area (Å²) in [6.45, 7) is 0. The average Bonchev–Trinajstić information content (AvgIpc) is 3.31. The number of carbonyl (C=O) groups excluding carboxylic acids is 1. The maximum Gasteiger partial charge on any atom is 0.234 e. The summed E-state index contributed by atoms with van der Waals surface area (Å²) in [5, 5.41) is 21.6. The van der Waals surface area contributed by atoms with Crippen LogP contribution in [0, 0.1) is 11.3 Å². The number of rotatable bonds is 8. The van der Waals surface area contributed by atoms with Gasteiger partial charge in [0.2, 0.25) is 5.91 Å². The molecule has 1 aromatic heterocycles. The Morgan fingerprint density at radius 2 is 1.91 bits per heavy atom. The second kappa shape index (κ2) is 11.1. The Hall–Kier alpha value is -3.51. The Balaban J connectivity index is 1.57. The van der Waals surface area contributed by atoms with E-state index in [1.54, 1.807) is 38.5 Å². The summed E-state index contributed by atoms with van der Waals surface area (Å²) < 4.78 is 13.0. The topological polar surface area (TPSA) is 102 Å². The first-order valence-corrected chi connectivity index (χ1v) is 12.2. The van der Waals surface area contributed by atoms with Crippen molar-refractivity contribution < 1.29 is 14.3 Å². The molecule has 4 rings (SSSR count). The van der Waals surface area contributed by atoms with Gasteiger partial charge in [0, 0.05) is 17.3 Å². The molecule has 1 amide bonds. The molecule has 1 N–H and O–H groups in total. The number of nitriles is 1. The Morgan fingerprint density at radius 3 is 2.65 bits per heavy atom. The molecule has 1 aliphatic rings. The third-order valence-electron chi connectivity index (χ3n) is 5.85. The van der Waals surface area contributed by atoms with Crippen molar-refractivity contribution in [1.29, 1.82) is 5.26 Å². The van der Waals surface area contributed by atoms with E-state index in [2.05, 4.69) is 26.2 Å². The second-order valence-electron chi connectivity index (χ2n) is 8.07. The third-order valence-corrected chi connectivity index (χ3v) is 6.80. The number of methoxy groups -OCH3 is 2. The van der Waals surface area contributed by atoms with Gasteiger partial charge in [-0.2, -0.15) is 5.26 Å². The predicted octanol–water partition coefficient (Wildman–Crippen LogP) is 5.07. The highest BCUT2D eigenvalue weighted by atomic mass is 32.2. The molecule has 0 bridgehead atoms. The van der Waals surface area contributed by atoms with Crippen molar-refractivity contribution in [3.63, 3.8) is 0 Å².